The quantitative estimate of drug-likeness (QED) is 0.799. The number of rotatable bonds is 4. The number of nitrogens with zero attached hydrogens (tertiary/aromatic N) is 2. The SMILES string of the molecule is Cc1noc(C)c1NC(=O)Cc1csc(-c2ccccc2)n1. The van der Waals surface area contributed by atoms with Crippen molar-refractivity contribution in [2.24, 2.45) is 0 Å². The topological polar surface area (TPSA) is 68.0 Å². The highest BCUT2D eigenvalue weighted by Crippen LogP contribution is 2.24. The Kier molecular flexibility index (Phi) is 4.02. The molecule has 1 N–H and O–H groups in total. The molecule has 2 heterocycles. The smallest absolute Gasteiger partial charge is 0.230 e. The van der Waals surface area contributed by atoms with Crippen molar-refractivity contribution in [2.45, 2.75) is 20.3 Å². The van der Waals surface area contributed by atoms with Crippen LogP contribution in [0.5, 0.6) is 0 Å². The molecular formula is C16H15N3O2S. The number of aryl methyl sites for hydroxylation is 2. The van der Waals surface area contributed by atoms with Crippen LogP contribution in [0, 0.1) is 13.8 Å². The maximum atomic E-state index is 12.1. The van der Waals surface area contributed by atoms with Crippen molar-refractivity contribution in [2.75, 3.05) is 5.32 Å². The van der Waals surface area contributed by atoms with Gasteiger partial charge >= 0.3 is 0 Å². The molecule has 1 aromatic carbocycles. The standard InChI is InChI=1S/C16H15N3O2S/c1-10-15(11(2)21-19-10)18-14(20)8-13-9-22-16(17-13)12-6-4-3-5-7-12/h3-7,9H,8H2,1-2H3,(H,18,20). The molecule has 5 nitrogen and oxygen atoms in total. The van der Waals surface area contributed by atoms with E-state index in [-0.39, 0.29) is 12.3 Å². The highest BCUT2D eigenvalue weighted by Gasteiger charge is 2.14. The van der Waals surface area contributed by atoms with Crippen molar-refractivity contribution in [3.05, 3.63) is 52.9 Å². The van der Waals surface area contributed by atoms with Crippen LogP contribution in [0.25, 0.3) is 10.6 Å². The molecule has 112 valence electrons. The second kappa shape index (κ2) is 6.11. The van der Waals surface area contributed by atoms with Crippen LogP contribution in [0.3, 0.4) is 0 Å². The third kappa shape index (κ3) is 3.07. The molecule has 3 rings (SSSR count). The second-order valence-corrected chi connectivity index (χ2v) is 5.79. The Hall–Kier alpha value is -2.47. The highest BCUT2D eigenvalue weighted by atomic mass is 32.1. The average molecular weight is 313 g/mol. The first-order valence-electron chi connectivity index (χ1n) is 6.86. The van der Waals surface area contributed by atoms with Crippen molar-refractivity contribution in [3.8, 4) is 10.6 Å². The van der Waals surface area contributed by atoms with E-state index in [9.17, 15) is 4.79 Å². The van der Waals surface area contributed by atoms with Gasteiger partial charge in [0.25, 0.3) is 0 Å². The highest BCUT2D eigenvalue weighted by molar-refractivity contribution is 7.13. The Balaban J connectivity index is 1.69. The van der Waals surface area contributed by atoms with Gasteiger partial charge in [0, 0.05) is 10.9 Å². The maximum Gasteiger partial charge on any atom is 0.230 e. The lowest BCUT2D eigenvalue weighted by Gasteiger charge is -2.02. The second-order valence-electron chi connectivity index (χ2n) is 4.93. The van der Waals surface area contributed by atoms with Crippen molar-refractivity contribution < 1.29 is 9.32 Å². The number of hydrogen-bond acceptors (Lipinski definition) is 5. The van der Waals surface area contributed by atoms with E-state index >= 15 is 0 Å². The average Bonchev–Trinajstić information content (AvgIpc) is 3.10. The van der Waals surface area contributed by atoms with Gasteiger partial charge in [0.05, 0.1) is 12.1 Å². The number of benzene rings is 1. The summed E-state index contributed by atoms with van der Waals surface area (Å²) in [7, 11) is 0. The lowest BCUT2D eigenvalue weighted by molar-refractivity contribution is -0.115. The van der Waals surface area contributed by atoms with Gasteiger partial charge in [0.1, 0.15) is 16.4 Å². The summed E-state index contributed by atoms with van der Waals surface area (Å²) in [6.07, 6.45) is 0.230. The maximum absolute atomic E-state index is 12.1. The number of carbonyl (C=O) groups is 1. The number of anilines is 1. The molecule has 0 bridgehead atoms. The molecule has 0 fully saturated rings. The first kappa shape index (κ1) is 14.5. The van der Waals surface area contributed by atoms with Gasteiger partial charge in [-0.25, -0.2) is 4.98 Å². The van der Waals surface area contributed by atoms with E-state index in [4.69, 9.17) is 4.52 Å². The number of amides is 1. The molecular weight excluding hydrogens is 298 g/mol. The van der Waals surface area contributed by atoms with Gasteiger partial charge in [-0.15, -0.1) is 11.3 Å². The first-order chi connectivity index (χ1) is 10.6. The minimum atomic E-state index is -0.126. The van der Waals surface area contributed by atoms with E-state index in [1.54, 1.807) is 13.8 Å². The molecule has 0 saturated heterocycles. The lowest BCUT2D eigenvalue weighted by atomic mass is 10.2. The van der Waals surface area contributed by atoms with Gasteiger partial charge in [-0.05, 0) is 13.8 Å². The van der Waals surface area contributed by atoms with Crippen molar-refractivity contribution in [1.82, 2.24) is 10.1 Å². The minimum Gasteiger partial charge on any atom is -0.359 e. The molecule has 0 atom stereocenters. The van der Waals surface area contributed by atoms with Gasteiger partial charge in [0.15, 0.2) is 5.76 Å². The number of thiazole rings is 1. The summed E-state index contributed by atoms with van der Waals surface area (Å²) < 4.78 is 5.03. The Morgan fingerprint density at radius 1 is 1.27 bits per heavy atom. The van der Waals surface area contributed by atoms with E-state index in [0.717, 1.165) is 16.3 Å². The predicted octanol–water partition coefficient (Wildman–Crippen LogP) is 3.60. The van der Waals surface area contributed by atoms with Crippen molar-refractivity contribution >= 4 is 22.9 Å². The molecule has 0 unspecified atom stereocenters. The van der Waals surface area contributed by atoms with Crippen LogP contribution >= 0.6 is 11.3 Å². The Morgan fingerprint density at radius 2 is 2.05 bits per heavy atom. The molecule has 22 heavy (non-hydrogen) atoms. The van der Waals surface area contributed by atoms with Gasteiger partial charge in [-0.3, -0.25) is 4.79 Å². The summed E-state index contributed by atoms with van der Waals surface area (Å²) >= 11 is 1.54. The minimum absolute atomic E-state index is 0.126. The van der Waals surface area contributed by atoms with Gasteiger partial charge < -0.3 is 9.84 Å². The number of hydrogen-bond donors (Lipinski definition) is 1. The van der Waals surface area contributed by atoms with Crippen LogP contribution in [0.1, 0.15) is 17.1 Å². The summed E-state index contributed by atoms with van der Waals surface area (Å²) in [5.41, 5.74) is 3.13. The van der Waals surface area contributed by atoms with Crippen LogP contribution < -0.4 is 5.32 Å². The number of nitrogens with one attached hydrogen (secondary N) is 1. The molecule has 0 aliphatic carbocycles. The zero-order chi connectivity index (χ0) is 15.5. The van der Waals surface area contributed by atoms with Crippen molar-refractivity contribution in [1.29, 1.82) is 0 Å². The third-order valence-corrected chi connectivity index (χ3v) is 4.15. The Bertz CT molecular complexity index is 773. The monoisotopic (exact) mass is 313 g/mol. The third-order valence-electron chi connectivity index (χ3n) is 3.21. The van der Waals surface area contributed by atoms with Gasteiger partial charge in [0.2, 0.25) is 5.91 Å². The molecule has 0 radical (unpaired) electrons. The van der Waals surface area contributed by atoms with Crippen LogP contribution in [-0.4, -0.2) is 16.0 Å². The number of aromatic nitrogens is 2. The van der Waals surface area contributed by atoms with E-state index < -0.39 is 0 Å². The lowest BCUT2D eigenvalue weighted by Crippen LogP contribution is -2.15. The largest absolute Gasteiger partial charge is 0.359 e. The van der Waals surface area contributed by atoms with E-state index in [1.165, 1.54) is 11.3 Å². The fraction of sp³-hybridized carbons (Fsp3) is 0.188. The van der Waals surface area contributed by atoms with Gasteiger partial charge in [-0.1, -0.05) is 35.5 Å². The molecule has 0 saturated carbocycles. The molecule has 1 amide bonds. The van der Waals surface area contributed by atoms with Crippen LogP contribution in [-0.2, 0) is 11.2 Å². The molecule has 0 aliphatic heterocycles. The fourth-order valence-electron chi connectivity index (χ4n) is 2.11. The summed E-state index contributed by atoms with van der Waals surface area (Å²) in [5, 5.41) is 9.47. The molecule has 0 spiro atoms. The number of carbonyl (C=O) groups excluding carboxylic acids is 1. The summed E-state index contributed by atoms with van der Waals surface area (Å²) in [5.74, 6) is 0.480. The summed E-state index contributed by atoms with van der Waals surface area (Å²) in [6, 6.07) is 9.93. The molecule has 2 aromatic heterocycles. The zero-order valence-corrected chi connectivity index (χ0v) is 13.1. The predicted molar refractivity (Wildman–Crippen MR) is 85.9 cm³/mol. The zero-order valence-electron chi connectivity index (χ0n) is 12.3. The molecule has 6 heteroatoms. The Labute approximate surface area is 132 Å². The fourth-order valence-corrected chi connectivity index (χ4v) is 2.94. The Morgan fingerprint density at radius 3 is 2.73 bits per heavy atom. The van der Waals surface area contributed by atoms with Crippen LogP contribution in [0.2, 0.25) is 0 Å². The first-order valence-corrected chi connectivity index (χ1v) is 7.74. The normalized spacial score (nSPS) is 10.6. The molecule has 3 aromatic rings. The van der Waals surface area contributed by atoms with E-state index in [2.05, 4.69) is 15.5 Å². The van der Waals surface area contributed by atoms with Gasteiger partial charge in [-0.2, -0.15) is 0 Å². The summed E-state index contributed by atoms with van der Waals surface area (Å²) in [4.78, 5) is 16.6. The summed E-state index contributed by atoms with van der Waals surface area (Å²) in [6.45, 7) is 3.56. The van der Waals surface area contributed by atoms with E-state index in [0.29, 0.717) is 17.1 Å². The van der Waals surface area contributed by atoms with E-state index in [1.807, 2.05) is 35.7 Å². The van der Waals surface area contributed by atoms with Crippen LogP contribution in [0.4, 0.5) is 5.69 Å². The van der Waals surface area contributed by atoms with Crippen molar-refractivity contribution in [3.63, 3.8) is 0 Å². The molecule has 0 aliphatic rings. The van der Waals surface area contributed by atoms with Crippen LogP contribution in [0.15, 0.2) is 40.2 Å².